The Bertz CT molecular complexity index is 491. The van der Waals surface area contributed by atoms with Crippen LogP contribution in [-0.2, 0) is 0 Å². The van der Waals surface area contributed by atoms with Gasteiger partial charge >= 0.3 is 0 Å². The molecule has 0 aliphatic heterocycles. The van der Waals surface area contributed by atoms with Crippen LogP contribution in [0.4, 0.5) is 0 Å². The number of hydrogen-bond acceptors (Lipinski definition) is 1. The quantitative estimate of drug-likeness (QED) is 0.229. The molecule has 152 valence electrons. The lowest BCUT2D eigenvalue weighted by Gasteiger charge is -2.03. The number of benzene rings is 1. The Morgan fingerprint density at radius 3 is 1.44 bits per heavy atom. The van der Waals surface area contributed by atoms with Crippen molar-refractivity contribution < 1.29 is 5.11 Å². The first-order valence-corrected chi connectivity index (χ1v) is 11.6. The smallest absolute Gasteiger partial charge is 0.115 e. The van der Waals surface area contributed by atoms with Crippen molar-refractivity contribution in [1.82, 2.24) is 0 Å². The summed E-state index contributed by atoms with van der Waals surface area (Å²) in [5.41, 5.74) is 0.990. The summed E-state index contributed by atoms with van der Waals surface area (Å²) in [5, 5.41) is 9.24. The zero-order chi connectivity index (χ0) is 19.4. The van der Waals surface area contributed by atoms with E-state index in [1.165, 1.54) is 103 Å². The van der Waals surface area contributed by atoms with Crippen LogP contribution >= 0.6 is 0 Å². The Hall–Kier alpha value is -1.42. The highest BCUT2D eigenvalue weighted by molar-refractivity contribution is 5.37. The SMILES string of the molecule is CCCCCCCCCCCCCCCCCCC#Cc1ccc(O)cc1. The zero-order valence-electron chi connectivity index (χ0n) is 17.8. The molecule has 0 saturated carbocycles. The minimum atomic E-state index is 0.304. The summed E-state index contributed by atoms with van der Waals surface area (Å²) in [5.74, 6) is 6.71. The monoisotopic (exact) mass is 370 g/mol. The van der Waals surface area contributed by atoms with E-state index < -0.39 is 0 Å². The van der Waals surface area contributed by atoms with Crippen LogP contribution in [0.2, 0.25) is 0 Å². The molecule has 0 unspecified atom stereocenters. The molecule has 0 heterocycles. The molecule has 0 amide bonds. The zero-order valence-corrected chi connectivity index (χ0v) is 17.8. The third-order valence-corrected chi connectivity index (χ3v) is 5.26. The van der Waals surface area contributed by atoms with Crippen LogP contribution in [0, 0.1) is 11.8 Å². The third-order valence-electron chi connectivity index (χ3n) is 5.26. The summed E-state index contributed by atoms with van der Waals surface area (Å²) in [6.45, 7) is 2.29. The predicted octanol–water partition coefficient (Wildman–Crippen LogP) is 8.40. The molecule has 1 aromatic carbocycles. The van der Waals surface area contributed by atoms with E-state index in [1.54, 1.807) is 12.1 Å². The van der Waals surface area contributed by atoms with E-state index in [0.29, 0.717) is 5.75 Å². The minimum absolute atomic E-state index is 0.304. The van der Waals surface area contributed by atoms with Crippen LogP contribution in [-0.4, -0.2) is 5.11 Å². The Balaban J connectivity index is 1.77. The molecule has 0 spiro atoms. The van der Waals surface area contributed by atoms with Gasteiger partial charge in [0.15, 0.2) is 0 Å². The topological polar surface area (TPSA) is 20.2 Å². The van der Waals surface area contributed by atoms with Crippen molar-refractivity contribution in [3.63, 3.8) is 0 Å². The number of phenols is 1. The number of aromatic hydroxyl groups is 1. The van der Waals surface area contributed by atoms with E-state index in [1.807, 2.05) is 12.1 Å². The predicted molar refractivity (Wildman–Crippen MR) is 119 cm³/mol. The van der Waals surface area contributed by atoms with Crippen LogP contribution < -0.4 is 0 Å². The van der Waals surface area contributed by atoms with Crippen molar-refractivity contribution in [2.75, 3.05) is 0 Å². The van der Waals surface area contributed by atoms with Crippen molar-refractivity contribution in [3.05, 3.63) is 29.8 Å². The van der Waals surface area contributed by atoms with Crippen LogP contribution in [0.15, 0.2) is 24.3 Å². The fraction of sp³-hybridized carbons (Fsp3) is 0.692. The molecule has 27 heavy (non-hydrogen) atoms. The molecule has 1 nitrogen and oxygen atoms in total. The maximum absolute atomic E-state index is 9.24. The van der Waals surface area contributed by atoms with Crippen LogP contribution in [0.1, 0.15) is 122 Å². The molecule has 0 fully saturated rings. The van der Waals surface area contributed by atoms with Gasteiger partial charge in [-0.2, -0.15) is 0 Å². The maximum atomic E-state index is 9.24. The van der Waals surface area contributed by atoms with Gasteiger partial charge in [0.1, 0.15) is 5.75 Å². The highest BCUT2D eigenvalue weighted by Crippen LogP contribution is 2.14. The van der Waals surface area contributed by atoms with Crippen molar-refractivity contribution in [2.45, 2.75) is 116 Å². The molecule has 0 saturated heterocycles. The first-order valence-electron chi connectivity index (χ1n) is 11.6. The van der Waals surface area contributed by atoms with Gasteiger partial charge in [0.2, 0.25) is 0 Å². The van der Waals surface area contributed by atoms with Gasteiger partial charge in [-0.3, -0.25) is 0 Å². The molecule has 0 bridgehead atoms. The lowest BCUT2D eigenvalue weighted by atomic mass is 10.0. The maximum Gasteiger partial charge on any atom is 0.115 e. The summed E-state index contributed by atoms with van der Waals surface area (Å²) in [6, 6.07) is 7.13. The molecule has 1 heteroatoms. The van der Waals surface area contributed by atoms with Gasteiger partial charge in [-0.15, -0.1) is 0 Å². The average Bonchev–Trinajstić information content (AvgIpc) is 2.68. The van der Waals surface area contributed by atoms with E-state index >= 15 is 0 Å². The van der Waals surface area contributed by atoms with E-state index in [0.717, 1.165) is 12.0 Å². The largest absolute Gasteiger partial charge is 0.508 e. The molecule has 0 aliphatic rings. The number of phenolic OH excluding ortho intramolecular Hbond substituents is 1. The fourth-order valence-corrected chi connectivity index (χ4v) is 3.47. The van der Waals surface area contributed by atoms with Gasteiger partial charge in [-0.05, 0) is 30.7 Å². The molecule has 0 radical (unpaired) electrons. The van der Waals surface area contributed by atoms with E-state index in [4.69, 9.17) is 0 Å². The second-order valence-electron chi connectivity index (χ2n) is 7.90. The number of rotatable bonds is 16. The third kappa shape index (κ3) is 15.3. The van der Waals surface area contributed by atoms with E-state index in [2.05, 4.69) is 18.8 Å². The van der Waals surface area contributed by atoms with Gasteiger partial charge in [-0.25, -0.2) is 0 Å². The Morgan fingerprint density at radius 1 is 0.593 bits per heavy atom. The molecule has 1 rings (SSSR count). The van der Waals surface area contributed by atoms with Gasteiger partial charge in [-0.1, -0.05) is 115 Å². The van der Waals surface area contributed by atoms with Gasteiger partial charge in [0.05, 0.1) is 0 Å². The highest BCUT2D eigenvalue weighted by Gasteiger charge is 1.94. The molecule has 0 atom stereocenters. The second-order valence-corrected chi connectivity index (χ2v) is 7.90. The van der Waals surface area contributed by atoms with Crippen LogP contribution in [0.3, 0.4) is 0 Å². The highest BCUT2D eigenvalue weighted by atomic mass is 16.3. The molecule has 0 aliphatic carbocycles. The summed E-state index contributed by atoms with van der Waals surface area (Å²) >= 11 is 0. The van der Waals surface area contributed by atoms with Crippen LogP contribution in [0.5, 0.6) is 5.75 Å². The van der Waals surface area contributed by atoms with Crippen molar-refractivity contribution in [3.8, 4) is 17.6 Å². The Morgan fingerprint density at radius 2 is 1.00 bits per heavy atom. The standard InChI is InChI=1S/C26H42O/c1-2-3-4-5-6-7-8-9-10-11-12-13-14-15-16-17-18-19-20-25-21-23-26(27)24-22-25/h21-24,27H,2-18H2,1H3. The van der Waals surface area contributed by atoms with E-state index in [9.17, 15) is 5.11 Å². The molecule has 1 aromatic rings. The molecular weight excluding hydrogens is 328 g/mol. The van der Waals surface area contributed by atoms with Crippen molar-refractivity contribution in [1.29, 1.82) is 0 Å². The summed E-state index contributed by atoms with van der Waals surface area (Å²) in [4.78, 5) is 0. The lowest BCUT2D eigenvalue weighted by molar-refractivity contribution is 0.475. The van der Waals surface area contributed by atoms with Crippen LogP contribution in [0.25, 0.3) is 0 Å². The minimum Gasteiger partial charge on any atom is -0.508 e. The van der Waals surface area contributed by atoms with Crippen molar-refractivity contribution in [2.24, 2.45) is 0 Å². The van der Waals surface area contributed by atoms with E-state index in [-0.39, 0.29) is 0 Å². The average molecular weight is 371 g/mol. The Labute approximate surface area is 169 Å². The summed E-state index contributed by atoms with van der Waals surface area (Å²) < 4.78 is 0. The molecular formula is C26H42O. The number of unbranched alkanes of at least 4 members (excludes halogenated alkanes) is 16. The summed E-state index contributed by atoms with van der Waals surface area (Å²) in [7, 11) is 0. The van der Waals surface area contributed by atoms with Gasteiger partial charge < -0.3 is 5.11 Å². The lowest BCUT2D eigenvalue weighted by Crippen LogP contribution is -1.83. The van der Waals surface area contributed by atoms with Gasteiger partial charge in [0.25, 0.3) is 0 Å². The molecule has 1 N–H and O–H groups in total. The fourth-order valence-electron chi connectivity index (χ4n) is 3.47. The first kappa shape index (κ1) is 23.6. The Kier molecular flexibility index (Phi) is 15.7. The number of hydrogen-bond donors (Lipinski definition) is 1. The summed E-state index contributed by atoms with van der Waals surface area (Å²) in [6.07, 6.45) is 23.5. The normalized spacial score (nSPS) is 10.6. The first-order chi connectivity index (χ1) is 13.3. The second kappa shape index (κ2) is 18.0. The van der Waals surface area contributed by atoms with Crippen molar-refractivity contribution >= 4 is 0 Å². The molecule has 0 aromatic heterocycles. The van der Waals surface area contributed by atoms with Gasteiger partial charge in [0, 0.05) is 12.0 Å².